The van der Waals surface area contributed by atoms with Crippen LogP contribution in [0.4, 0.5) is 10.1 Å². The topological polar surface area (TPSA) is 78.4 Å². The van der Waals surface area contributed by atoms with Crippen LogP contribution in [0.5, 0.6) is 5.75 Å². The summed E-state index contributed by atoms with van der Waals surface area (Å²) in [4.78, 5) is 10.4. The molecular weight excluding hydrogens is 275 g/mol. The molecule has 1 unspecified atom stereocenters. The number of methoxy groups -OCH3 is 1. The molecule has 0 amide bonds. The molecule has 1 atom stereocenters. The van der Waals surface area contributed by atoms with Gasteiger partial charge in [-0.25, -0.2) is 4.39 Å². The Labute approximate surface area is 121 Å². The standard InChI is InChI=1S/C15H15FN2O3/c1-21-15-7-6-12(18(19)20)9-13(15)14(17)8-10-2-4-11(16)5-3-10/h2-7,9,14H,8,17H2,1H3. The molecule has 0 aliphatic carbocycles. The average molecular weight is 290 g/mol. The van der Waals surface area contributed by atoms with Gasteiger partial charge in [-0.15, -0.1) is 0 Å². The van der Waals surface area contributed by atoms with Crippen molar-refractivity contribution in [3.63, 3.8) is 0 Å². The van der Waals surface area contributed by atoms with Crippen LogP contribution in [0, 0.1) is 15.9 Å². The van der Waals surface area contributed by atoms with E-state index in [2.05, 4.69) is 0 Å². The molecule has 2 rings (SSSR count). The predicted molar refractivity (Wildman–Crippen MR) is 76.7 cm³/mol. The van der Waals surface area contributed by atoms with E-state index < -0.39 is 11.0 Å². The summed E-state index contributed by atoms with van der Waals surface area (Å²) < 4.78 is 18.1. The SMILES string of the molecule is COc1ccc([N+](=O)[O-])cc1C(N)Cc1ccc(F)cc1. The van der Waals surface area contributed by atoms with Gasteiger partial charge in [0.2, 0.25) is 0 Å². The lowest BCUT2D eigenvalue weighted by Gasteiger charge is -2.15. The molecule has 0 saturated carbocycles. The number of halogens is 1. The van der Waals surface area contributed by atoms with Crippen molar-refractivity contribution in [3.05, 3.63) is 69.5 Å². The number of hydrogen-bond acceptors (Lipinski definition) is 4. The van der Waals surface area contributed by atoms with Gasteiger partial charge >= 0.3 is 0 Å². The smallest absolute Gasteiger partial charge is 0.270 e. The number of nitro benzene ring substituents is 1. The van der Waals surface area contributed by atoms with Gasteiger partial charge in [-0.2, -0.15) is 0 Å². The van der Waals surface area contributed by atoms with Crippen LogP contribution in [0.2, 0.25) is 0 Å². The summed E-state index contributed by atoms with van der Waals surface area (Å²) in [5, 5.41) is 10.9. The Morgan fingerprint density at radius 1 is 1.29 bits per heavy atom. The van der Waals surface area contributed by atoms with Gasteiger partial charge in [-0.1, -0.05) is 12.1 Å². The Hall–Kier alpha value is -2.47. The van der Waals surface area contributed by atoms with E-state index in [1.54, 1.807) is 12.1 Å². The number of rotatable bonds is 5. The van der Waals surface area contributed by atoms with E-state index in [-0.39, 0.29) is 11.5 Å². The first kappa shape index (κ1) is 14.9. The Morgan fingerprint density at radius 3 is 2.52 bits per heavy atom. The average Bonchev–Trinajstić information content (AvgIpc) is 2.48. The highest BCUT2D eigenvalue weighted by Gasteiger charge is 2.17. The predicted octanol–water partition coefficient (Wildman–Crippen LogP) is 2.99. The Balaban J connectivity index is 2.28. The molecule has 0 heterocycles. The lowest BCUT2D eigenvalue weighted by molar-refractivity contribution is -0.385. The molecule has 0 spiro atoms. The van der Waals surface area contributed by atoms with Crippen molar-refractivity contribution >= 4 is 5.69 Å². The van der Waals surface area contributed by atoms with Crippen molar-refractivity contribution in [3.8, 4) is 5.75 Å². The zero-order chi connectivity index (χ0) is 15.4. The minimum Gasteiger partial charge on any atom is -0.496 e. The van der Waals surface area contributed by atoms with Crippen molar-refractivity contribution in [2.24, 2.45) is 5.73 Å². The van der Waals surface area contributed by atoms with Gasteiger partial charge in [0, 0.05) is 23.7 Å². The van der Waals surface area contributed by atoms with Crippen molar-refractivity contribution in [2.45, 2.75) is 12.5 Å². The maximum Gasteiger partial charge on any atom is 0.270 e. The highest BCUT2D eigenvalue weighted by Crippen LogP contribution is 2.29. The van der Waals surface area contributed by atoms with Crippen LogP contribution in [-0.2, 0) is 6.42 Å². The molecule has 21 heavy (non-hydrogen) atoms. The molecular formula is C15H15FN2O3. The van der Waals surface area contributed by atoms with Crippen LogP contribution < -0.4 is 10.5 Å². The van der Waals surface area contributed by atoms with Crippen LogP contribution in [0.1, 0.15) is 17.2 Å². The molecule has 0 aliphatic rings. The highest BCUT2D eigenvalue weighted by atomic mass is 19.1. The summed E-state index contributed by atoms with van der Waals surface area (Å²) in [7, 11) is 1.48. The van der Waals surface area contributed by atoms with Crippen molar-refractivity contribution in [1.29, 1.82) is 0 Å². The first-order valence-electron chi connectivity index (χ1n) is 6.33. The van der Waals surface area contributed by atoms with Gasteiger partial charge in [-0.05, 0) is 30.2 Å². The second kappa shape index (κ2) is 6.32. The molecule has 6 heteroatoms. The molecule has 5 nitrogen and oxygen atoms in total. The van der Waals surface area contributed by atoms with Gasteiger partial charge in [0.1, 0.15) is 11.6 Å². The van der Waals surface area contributed by atoms with E-state index in [1.807, 2.05) is 0 Å². The molecule has 0 bridgehead atoms. The third-order valence-corrected chi connectivity index (χ3v) is 3.19. The first-order chi connectivity index (χ1) is 10.0. The third-order valence-electron chi connectivity index (χ3n) is 3.19. The first-order valence-corrected chi connectivity index (χ1v) is 6.33. The normalized spacial score (nSPS) is 12.0. The molecule has 0 radical (unpaired) electrons. The van der Waals surface area contributed by atoms with Gasteiger partial charge in [0.15, 0.2) is 0 Å². The summed E-state index contributed by atoms with van der Waals surface area (Å²) >= 11 is 0. The minimum absolute atomic E-state index is 0.0413. The van der Waals surface area contributed by atoms with Crippen molar-refractivity contribution in [1.82, 2.24) is 0 Å². The summed E-state index contributed by atoms with van der Waals surface area (Å²) in [6.07, 6.45) is 0.428. The molecule has 0 saturated heterocycles. The van der Waals surface area contributed by atoms with Crippen LogP contribution in [0.3, 0.4) is 0 Å². The van der Waals surface area contributed by atoms with E-state index in [0.29, 0.717) is 17.7 Å². The van der Waals surface area contributed by atoms with Crippen LogP contribution in [0.15, 0.2) is 42.5 Å². The molecule has 0 aromatic heterocycles. The third kappa shape index (κ3) is 3.55. The van der Waals surface area contributed by atoms with Gasteiger partial charge in [0.05, 0.1) is 12.0 Å². The molecule has 2 N–H and O–H groups in total. The monoisotopic (exact) mass is 290 g/mol. The Bertz CT molecular complexity index is 644. The minimum atomic E-state index is -0.481. The van der Waals surface area contributed by atoms with Crippen LogP contribution >= 0.6 is 0 Å². The maximum atomic E-state index is 12.9. The zero-order valence-electron chi connectivity index (χ0n) is 11.5. The van der Waals surface area contributed by atoms with Crippen LogP contribution in [-0.4, -0.2) is 12.0 Å². The molecule has 110 valence electrons. The van der Waals surface area contributed by atoms with E-state index in [1.165, 1.54) is 37.4 Å². The van der Waals surface area contributed by atoms with Gasteiger partial charge < -0.3 is 10.5 Å². The molecule has 0 aliphatic heterocycles. The lowest BCUT2D eigenvalue weighted by Crippen LogP contribution is -2.14. The fraction of sp³-hybridized carbons (Fsp3) is 0.200. The summed E-state index contributed by atoms with van der Waals surface area (Å²) in [5.74, 6) is 0.176. The fourth-order valence-corrected chi connectivity index (χ4v) is 2.11. The quantitative estimate of drug-likeness (QED) is 0.678. The highest BCUT2D eigenvalue weighted by molar-refractivity contribution is 5.45. The Morgan fingerprint density at radius 2 is 1.95 bits per heavy atom. The number of nitro groups is 1. The molecule has 2 aromatic carbocycles. The largest absolute Gasteiger partial charge is 0.496 e. The number of nitrogens with two attached hydrogens (primary N) is 1. The molecule has 0 fully saturated rings. The van der Waals surface area contributed by atoms with E-state index in [4.69, 9.17) is 10.5 Å². The summed E-state index contributed by atoms with van der Waals surface area (Å²) in [6.45, 7) is 0. The fourth-order valence-electron chi connectivity index (χ4n) is 2.11. The van der Waals surface area contributed by atoms with E-state index in [9.17, 15) is 14.5 Å². The van der Waals surface area contributed by atoms with Crippen molar-refractivity contribution in [2.75, 3.05) is 7.11 Å². The zero-order valence-corrected chi connectivity index (χ0v) is 11.5. The van der Waals surface area contributed by atoms with E-state index in [0.717, 1.165) is 5.56 Å². The van der Waals surface area contributed by atoms with Gasteiger partial charge in [0.25, 0.3) is 5.69 Å². The van der Waals surface area contributed by atoms with Gasteiger partial charge in [-0.3, -0.25) is 10.1 Å². The number of nitrogens with zero attached hydrogens (tertiary/aromatic N) is 1. The lowest BCUT2D eigenvalue weighted by atomic mass is 9.98. The number of benzene rings is 2. The number of hydrogen-bond donors (Lipinski definition) is 1. The maximum absolute atomic E-state index is 12.9. The molecule has 2 aromatic rings. The number of non-ortho nitro benzene ring substituents is 1. The van der Waals surface area contributed by atoms with Crippen molar-refractivity contribution < 1.29 is 14.1 Å². The van der Waals surface area contributed by atoms with Crippen LogP contribution in [0.25, 0.3) is 0 Å². The van der Waals surface area contributed by atoms with E-state index >= 15 is 0 Å². The Kier molecular flexibility index (Phi) is 4.49. The second-order valence-corrected chi connectivity index (χ2v) is 4.62. The summed E-state index contributed by atoms with van der Waals surface area (Å²) in [6, 6.07) is 9.81. The summed E-state index contributed by atoms with van der Waals surface area (Å²) in [5.41, 5.74) is 7.47. The number of ether oxygens (including phenoxy) is 1. The second-order valence-electron chi connectivity index (χ2n) is 4.62.